The zero-order valence-corrected chi connectivity index (χ0v) is 24.9. The number of halogens is 3. The van der Waals surface area contributed by atoms with Gasteiger partial charge in [-0.3, -0.25) is 4.79 Å². The fraction of sp³-hybridized carbons (Fsp3) is 0.400. The van der Waals surface area contributed by atoms with Crippen molar-refractivity contribution in [2.45, 2.75) is 70.4 Å². The van der Waals surface area contributed by atoms with E-state index in [0.717, 1.165) is 60.2 Å². The van der Waals surface area contributed by atoms with E-state index in [-0.39, 0.29) is 18.6 Å². The molecule has 206 valence electrons. The van der Waals surface area contributed by atoms with Gasteiger partial charge >= 0.3 is 0 Å². The summed E-state index contributed by atoms with van der Waals surface area (Å²) in [6, 6.07) is 9.10. The molecule has 39 heavy (non-hydrogen) atoms. The molecule has 0 radical (unpaired) electrons. The number of carbonyl (C=O) groups excluding carboxylic acids is 1. The number of aliphatic imine (C=N–C) groups is 1. The molecule has 0 bridgehead atoms. The summed E-state index contributed by atoms with van der Waals surface area (Å²) < 4.78 is 11.6. The van der Waals surface area contributed by atoms with Crippen LogP contribution in [0.4, 0.5) is 5.00 Å². The van der Waals surface area contributed by atoms with Gasteiger partial charge in [0.25, 0.3) is 5.91 Å². The lowest BCUT2D eigenvalue weighted by Gasteiger charge is -2.23. The van der Waals surface area contributed by atoms with Crippen molar-refractivity contribution >= 4 is 63.3 Å². The van der Waals surface area contributed by atoms with Gasteiger partial charge in [-0.25, -0.2) is 4.99 Å². The fourth-order valence-corrected chi connectivity index (χ4v) is 7.22. The predicted octanol–water partition coefficient (Wildman–Crippen LogP) is 8.99. The van der Waals surface area contributed by atoms with Crippen LogP contribution in [0.3, 0.4) is 0 Å². The van der Waals surface area contributed by atoms with Gasteiger partial charge in [0, 0.05) is 32.7 Å². The van der Waals surface area contributed by atoms with Crippen LogP contribution >= 0.6 is 46.1 Å². The maximum Gasteiger partial charge on any atom is 0.254 e. The Bertz CT molecular complexity index is 1380. The van der Waals surface area contributed by atoms with E-state index in [0.29, 0.717) is 26.6 Å². The number of hydrogen-bond donors (Lipinski definition) is 1. The summed E-state index contributed by atoms with van der Waals surface area (Å²) >= 11 is 20.5. The molecule has 9 heteroatoms. The van der Waals surface area contributed by atoms with Gasteiger partial charge in [0.2, 0.25) is 0 Å². The molecule has 0 saturated heterocycles. The van der Waals surface area contributed by atoms with Crippen LogP contribution in [0.25, 0.3) is 0 Å². The first-order valence-corrected chi connectivity index (χ1v) is 15.3. The normalized spacial score (nSPS) is 15.8. The predicted molar refractivity (Wildman–Crippen MR) is 161 cm³/mol. The minimum atomic E-state index is 0.00803. The Morgan fingerprint density at radius 1 is 1.05 bits per heavy atom. The molecule has 1 aromatic heterocycles. The maximum absolute atomic E-state index is 13.5. The van der Waals surface area contributed by atoms with Gasteiger partial charge in [-0.05, 0) is 73.9 Å². The van der Waals surface area contributed by atoms with Crippen LogP contribution in [0.2, 0.25) is 15.1 Å². The summed E-state index contributed by atoms with van der Waals surface area (Å²) in [5.74, 6) is 0.907. The highest BCUT2D eigenvalue weighted by Gasteiger charge is 2.27. The number of hydrogen-bond acceptors (Lipinski definition) is 5. The van der Waals surface area contributed by atoms with E-state index in [1.54, 1.807) is 42.9 Å². The number of nitrogens with zero attached hydrogens (tertiary/aromatic N) is 1. The lowest BCUT2D eigenvalue weighted by molar-refractivity contribution is 0.0927. The smallest absolute Gasteiger partial charge is 0.254 e. The molecule has 5 nitrogen and oxygen atoms in total. The largest absolute Gasteiger partial charge is 0.493 e. The van der Waals surface area contributed by atoms with E-state index >= 15 is 0 Å². The Hall–Kier alpha value is -2.25. The molecule has 1 fully saturated rings. The number of nitrogens with one attached hydrogen (secondary N) is 1. The van der Waals surface area contributed by atoms with Crippen LogP contribution < -0.4 is 14.8 Å². The Morgan fingerprint density at radius 2 is 1.85 bits per heavy atom. The topological polar surface area (TPSA) is 59.9 Å². The fourth-order valence-electron chi connectivity index (χ4n) is 5.26. The maximum atomic E-state index is 13.5. The zero-order chi connectivity index (χ0) is 27.4. The quantitative estimate of drug-likeness (QED) is 0.261. The van der Waals surface area contributed by atoms with Crippen molar-refractivity contribution in [2.75, 3.05) is 7.11 Å². The lowest BCUT2D eigenvalue weighted by atomic mass is 9.93. The Morgan fingerprint density at radius 3 is 2.62 bits per heavy atom. The molecule has 5 rings (SSSR count). The second-order valence-corrected chi connectivity index (χ2v) is 12.4. The van der Waals surface area contributed by atoms with Crippen LogP contribution in [0.5, 0.6) is 11.5 Å². The van der Waals surface area contributed by atoms with Gasteiger partial charge in [0.1, 0.15) is 11.6 Å². The molecule has 1 heterocycles. The highest BCUT2D eigenvalue weighted by atomic mass is 35.5. The molecule has 2 aliphatic carbocycles. The van der Waals surface area contributed by atoms with E-state index in [4.69, 9.17) is 49.3 Å². The summed E-state index contributed by atoms with van der Waals surface area (Å²) in [6.07, 6.45) is 11.6. The Kier molecular flexibility index (Phi) is 9.39. The molecule has 3 aromatic rings. The first kappa shape index (κ1) is 28.3. The third kappa shape index (κ3) is 6.74. The van der Waals surface area contributed by atoms with Gasteiger partial charge in [-0.1, -0.05) is 60.1 Å². The third-order valence-electron chi connectivity index (χ3n) is 7.29. The van der Waals surface area contributed by atoms with Gasteiger partial charge < -0.3 is 14.8 Å². The second kappa shape index (κ2) is 12.9. The number of fused-ring (bicyclic) bond motifs is 1. The van der Waals surface area contributed by atoms with E-state index in [2.05, 4.69) is 5.32 Å². The summed E-state index contributed by atoms with van der Waals surface area (Å²) in [5, 5.41) is 5.52. The first-order valence-electron chi connectivity index (χ1n) is 13.4. The van der Waals surface area contributed by atoms with Crippen molar-refractivity contribution in [1.29, 1.82) is 0 Å². The number of benzene rings is 2. The number of ether oxygens (including phenoxy) is 2. The number of thiophene rings is 1. The average Bonchev–Trinajstić information content (AvgIpc) is 3.31. The van der Waals surface area contributed by atoms with Crippen molar-refractivity contribution in [3.05, 3.63) is 72.5 Å². The van der Waals surface area contributed by atoms with Gasteiger partial charge in [-0.2, -0.15) is 0 Å². The van der Waals surface area contributed by atoms with Crippen molar-refractivity contribution in [3.63, 3.8) is 0 Å². The van der Waals surface area contributed by atoms with E-state index in [1.807, 2.05) is 12.1 Å². The van der Waals surface area contributed by atoms with E-state index < -0.39 is 0 Å². The van der Waals surface area contributed by atoms with Crippen molar-refractivity contribution in [1.82, 2.24) is 5.32 Å². The molecule has 2 aromatic carbocycles. The van der Waals surface area contributed by atoms with E-state index in [1.165, 1.54) is 29.7 Å². The molecule has 1 amide bonds. The van der Waals surface area contributed by atoms with Crippen molar-refractivity contribution < 1.29 is 14.3 Å². The van der Waals surface area contributed by atoms with E-state index in [9.17, 15) is 4.79 Å². The molecule has 0 unspecified atom stereocenters. The molecule has 2 aliphatic rings. The number of rotatable bonds is 8. The molecule has 0 atom stereocenters. The van der Waals surface area contributed by atoms with Gasteiger partial charge in [0.15, 0.2) is 11.5 Å². The molecular formula is C30H31Cl3N2O3S. The zero-order valence-electron chi connectivity index (χ0n) is 21.8. The van der Waals surface area contributed by atoms with Crippen LogP contribution in [0.15, 0.2) is 35.3 Å². The SMILES string of the molecule is COc1cc(C=Nc2sc3c(c2C(=O)NC2CCCCC2)CCCC3)cc(Cl)c1OCc1ccc(Cl)cc1Cl. The van der Waals surface area contributed by atoms with Crippen molar-refractivity contribution in [3.8, 4) is 11.5 Å². The number of carbonyl (C=O) groups is 1. The third-order valence-corrected chi connectivity index (χ3v) is 9.36. The first-order chi connectivity index (χ1) is 18.9. The lowest BCUT2D eigenvalue weighted by Crippen LogP contribution is -2.36. The number of amides is 1. The molecule has 1 N–H and O–H groups in total. The second-order valence-electron chi connectivity index (χ2n) is 10.0. The number of methoxy groups -OCH3 is 1. The molecule has 0 aliphatic heterocycles. The highest BCUT2D eigenvalue weighted by Crippen LogP contribution is 2.41. The van der Waals surface area contributed by atoms with Crippen molar-refractivity contribution in [2.24, 2.45) is 4.99 Å². The monoisotopic (exact) mass is 604 g/mol. The Labute approximate surface area is 248 Å². The number of aryl methyl sites for hydroxylation is 1. The molecule has 0 spiro atoms. The van der Waals surface area contributed by atoms with Crippen LogP contribution in [0, 0.1) is 0 Å². The molecule has 1 saturated carbocycles. The Balaban J connectivity index is 1.38. The standard InChI is InChI=1S/C30H31Cl3N2O3S/c1-37-25-14-18(13-24(33)28(25)38-17-19-11-12-20(31)15-23(19)32)16-34-30-27(22-9-5-6-10-26(22)39-30)29(36)35-21-7-3-2-4-8-21/h11-16,21H,2-10,17H2,1H3,(H,35,36). The summed E-state index contributed by atoms with van der Waals surface area (Å²) in [4.78, 5) is 19.5. The highest BCUT2D eigenvalue weighted by molar-refractivity contribution is 7.16. The van der Waals surface area contributed by atoms with Crippen LogP contribution in [0.1, 0.15) is 76.9 Å². The van der Waals surface area contributed by atoms with Crippen LogP contribution in [-0.2, 0) is 19.4 Å². The summed E-state index contributed by atoms with van der Waals surface area (Å²) in [6.45, 7) is 0.208. The summed E-state index contributed by atoms with van der Waals surface area (Å²) in [5.41, 5.74) is 3.45. The summed E-state index contributed by atoms with van der Waals surface area (Å²) in [7, 11) is 1.57. The minimum absolute atomic E-state index is 0.00803. The minimum Gasteiger partial charge on any atom is -0.493 e. The average molecular weight is 606 g/mol. The molecular weight excluding hydrogens is 575 g/mol. The van der Waals surface area contributed by atoms with Gasteiger partial charge in [-0.15, -0.1) is 11.3 Å². The van der Waals surface area contributed by atoms with Crippen LogP contribution in [-0.4, -0.2) is 25.3 Å². The van der Waals surface area contributed by atoms with Gasteiger partial charge in [0.05, 0.1) is 17.7 Å².